The summed E-state index contributed by atoms with van der Waals surface area (Å²) in [5, 5.41) is 0.176. The third-order valence-corrected chi connectivity index (χ3v) is 4.73. The molecule has 0 saturated carbocycles. The molecule has 0 N–H and O–H groups in total. The minimum Gasteiger partial charge on any atom is -0.378 e. The molecule has 4 heteroatoms. The number of carbonyl (C=O) groups is 1. The van der Waals surface area contributed by atoms with E-state index in [1.54, 1.807) is 0 Å². The topological polar surface area (TPSA) is 23.6 Å². The highest BCUT2D eigenvalue weighted by atomic mass is 32.2. The normalized spacial score (nSPS) is 19.6. The standard InChI is InChI=1S/C16H24N2OS/c1-12(2)11-18-15(19)9-10-20-16(18)13-5-7-14(8-6-13)17(3)4/h5-8,12,16H,9-11H2,1-4H3. The molecule has 20 heavy (non-hydrogen) atoms. The SMILES string of the molecule is CC(C)CN1C(=O)CCSC1c1ccc(N(C)C)cc1. The van der Waals surface area contributed by atoms with Crippen LogP contribution in [0.25, 0.3) is 0 Å². The second-order valence-corrected chi connectivity index (χ2v) is 7.09. The Kier molecular flexibility index (Phi) is 4.97. The van der Waals surface area contributed by atoms with Crippen molar-refractivity contribution in [1.82, 2.24) is 4.90 Å². The summed E-state index contributed by atoms with van der Waals surface area (Å²) < 4.78 is 0. The summed E-state index contributed by atoms with van der Waals surface area (Å²) in [6, 6.07) is 8.56. The molecule has 1 heterocycles. The zero-order chi connectivity index (χ0) is 14.7. The summed E-state index contributed by atoms with van der Waals surface area (Å²) in [5.41, 5.74) is 2.42. The van der Waals surface area contributed by atoms with Crippen LogP contribution in [0.1, 0.15) is 31.2 Å². The van der Waals surface area contributed by atoms with Crippen molar-refractivity contribution in [3.8, 4) is 0 Å². The third kappa shape index (κ3) is 3.48. The Balaban J connectivity index is 2.21. The molecule has 1 aromatic rings. The molecule has 1 aliphatic heterocycles. The Bertz CT molecular complexity index is 456. The Labute approximate surface area is 126 Å². The highest BCUT2D eigenvalue weighted by Crippen LogP contribution is 2.38. The summed E-state index contributed by atoms with van der Waals surface area (Å²) in [6.07, 6.45) is 0.670. The molecule has 1 aromatic carbocycles. The summed E-state index contributed by atoms with van der Waals surface area (Å²) in [7, 11) is 4.08. The van der Waals surface area contributed by atoms with Gasteiger partial charge in [-0.2, -0.15) is 0 Å². The van der Waals surface area contributed by atoms with Gasteiger partial charge in [-0.15, -0.1) is 11.8 Å². The molecule has 1 amide bonds. The van der Waals surface area contributed by atoms with E-state index < -0.39 is 0 Å². The summed E-state index contributed by atoms with van der Waals surface area (Å²) >= 11 is 1.88. The maximum atomic E-state index is 12.2. The van der Waals surface area contributed by atoms with Crippen molar-refractivity contribution in [1.29, 1.82) is 0 Å². The van der Waals surface area contributed by atoms with Crippen molar-refractivity contribution in [3.05, 3.63) is 29.8 Å². The second-order valence-electron chi connectivity index (χ2n) is 5.90. The molecule has 0 bridgehead atoms. The number of carbonyl (C=O) groups excluding carboxylic acids is 1. The van der Waals surface area contributed by atoms with Gasteiger partial charge in [0.25, 0.3) is 0 Å². The van der Waals surface area contributed by atoms with E-state index in [0.717, 1.165) is 12.3 Å². The van der Waals surface area contributed by atoms with Gasteiger partial charge in [0.2, 0.25) is 5.91 Å². The number of amides is 1. The Morgan fingerprint density at radius 3 is 2.50 bits per heavy atom. The van der Waals surface area contributed by atoms with E-state index in [2.05, 4.69) is 43.0 Å². The molecule has 110 valence electrons. The van der Waals surface area contributed by atoms with Gasteiger partial charge < -0.3 is 9.80 Å². The first-order valence-electron chi connectivity index (χ1n) is 7.17. The van der Waals surface area contributed by atoms with Crippen molar-refractivity contribution in [2.75, 3.05) is 31.3 Å². The van der Waals surface area contributed by atoms with Crippen molar-refractivity contribution < 1.29 is 4.79 Å². The molecule has 1 atom stereocenters. The first-order valence-corrected chi connectivity index (χ1v) is 8.22. The van der Waals surface area contributed by atoms with E-state index in [4.69, 9.17) is 0 Å². The van der Waals surface area contributed by atoms with Crippen LogP contribution in [0.15, 0.2) is 24.3 Å². The van der Waals surface area contributed by atoms with Gasteiger partial charge in [0.05, 0.1) is 0 Å². The first-order chi connectivity index (χ1) is 9.49. The maximum absolute atomic E-state index is 12.2. The molecule has 1 aliphatic rings. The number of hydrogen-bond acceptors (Lipinski definition) is 3. The van der Waals surface area contributed by atoms with E-state index in [0.29, 0.717) is 18.2 Å². The maximum Gasteiger partial charge on any atom is 0.224 e. The molecular formula is C16H24N2OS. The van der Waals surface area contributed by atoms with E-state index in [-0.39, 0.29) is 5.37 Å². The number of nitrogens with zero attached hydrogens (tertiary/aromatic N) is 2. The van der Waals surface area contributed by atoms with Crippen molar-refractivity contribution in [2.45, 2.75) is 25.6 Å². The Hall–Kier alpha value is -1.16. The zero-order valence-corrected chi connectivity index (χ0v) is 13.6. The third-order valence-electron chi connectivity index (χ3n) is 3.45. The molecule has 1 fully saturated rings. The number of hydrogen-bond donors (Lipinski definition) is 0. The average Bonchev–Trinajstić information content (AvgIpc) is 2.41. The molecule has 0 radical (unpaired) electrons. The predicted molar refractivity (Wildman–Crippen MR) is 87.1 cm³/mol. The monoisotopic (exact) mass is 292 g/mol. The van der Waals surface area contributed by atoms with Gasteiger partial charge in [0.1, 0.15) is 5.37 Å². The Morgan fingerprint density at radius 2 is 1.95 bits per heavy atom. The minimum absolute atomic E-state index is 0.176. The van der Waals surface area contributed by atoms with Crippen molar-refractivity contribution >= 4 is 23.4 Å². The van der Waals surface area contributed by atoms with Gasteiger partial charge in [-0.3, -0.25) is 4.79 Å². The van der Waals surface area contributed by atoms with Crippen LogP contribution < -0.4 is 4.90 Å². The van der Waals surface area contributed by atoms with Crippen molar-refractivity contribution in [2.24, 2.45) is 5.92 Å². The second kappa shape index (κ2) is 6.53. The molecule has 0 aliphatic carbocycles. The van der Waals surface area contributed by atoms with Gasteiger partial charge in [-0.1, -0.05) is 26.0 Å². The van der Waals surface area contributed by atoms with Crippen LogP contribution in [0, 0.1) is 5.92 Å². The lowest BCUT2D eigenvalue weighted by Crippen LogP contribution is -2.39. The minimum atomic E-state index is 0.176. The zero-order valence-electron chi connectivity index (χ0n) is 12.8. The van der Waals surface area contributed by atoms with Crippen LogP contribution in [0.2, 0.25) is 0 Å². The van der Waals surface area contributed by atoms with Gasteiger partial charge in [0.15, 0.2) is 0 Å². The number of rotatable bonds is 4. The van der Waals surface area contributed by atoms with Crippen molar-refractivity contribution in [3.63, 3.8) is 0 Å². The lowest BCUT2D eigenvalue weighted by atomic mass is 10.1. The molecule has 1 saturated heterocycles. The average molecular weight is 292 g/mol. The molecular weight excluding hydrogens is 268 g/mol. The van der Waals surface area contributed by atoms with Crippen LogP contribution >= 0.6 is 11.8 Å². The quantitative estimate of drug-likeness (QED) is 0.850. The molecule has 1 unspecified atom stereocenters. The van der Waals surface area contributed by atoms with E-state index in [1.165, 1.54) is 11.3 Å². The smallest absolute Gasteiger partial charge is 0.224 e. The van der Waals surface area contributed by atoms with Gasteiger partial charge in [-0.25, -0.2) is 0 Å². The molecule has 0 aromatic heterocycles. The lowest BCUT2D eigenvalue weighted by Gasteiger charge is -2.36. The highest BCUT2D eigenvalue weighted by molar-refractivity contribution is 7.99. The van der Waals surface area contributed by atoms with Gasteiger partial charge in [0, 0.05) is 38.5 Å². The van der Waals surface area contributed by atoms with Crippen LogP contribution in [0.3, 0.4) is 0 Å². The van der Waals surface area contributed by atoms with Gasteiger partial charge >= 0.3 is 0 Å². The largest absolute Gasteiger partial charge is 0.378 e. The summed E-state index contributed by atoms with van der Waals surface area (Å²) in [4.78, 5) is 16.3. The summed E-state index contributed by atoms with van der Waals surface area (Å²) in [5.74, 6) is 1.72. The molecule has 0 spiro atoms. The fraction of sp³-hybridized carbons (Fsp3) is 0.562. The van der Waals surface area contributed by atoms with Crippen LogP contribution in [0.4, 0.5) is 5.69 Å². The Morgan fingerprint density at radius 1 is 1.30 bits per heavy atom. The first kappa shape index (κ1) is 15.2. The lowest BCUT2D eigenvalue weighted by molar-refractivity contribution is -0.132. The fourth-order valence-corrected chi connectivity index (χ4v) is 3.68. The number of thioether (sulfide) groups is 1. The number of anilines is 1. The van der Waals surface area contributed by atoms with Crippen LogP contribution in [-0.2, 0) is 4.79 Å². The summed E-state index contributed by atoms with van der Waals surface area (Å²) in [6.45, 7) is 5.17. The number of benzene rings is 1. The predicted octanol–water partition coefficient (Wildman–Crippen LogP) is 3.37. The van der Waals surface area contributed by atoms with E-state index in [9.17, 15) is 4.79 Å². The molecule has 3 nitrogen and oxygen atoms in total. The molecule has 2 rings (SSSR count). The fourth-order valence-electron chi connectivity index (χ4n) is 2.43. The van der Waals surface area contributed by atoms with E-state index in [1.807, 2.05) is 30.8 Å². The van der Waals surface area contributed by atoms with E-state index >= 15 is 0 Å². The van der Waals surface area contributed by atoms with Gasteiger partial charge in [-0.05, 0) is 23.6 Å². The highest BCUT2D eigenvalue weighted by Gasteiger charge is 2.30. The van der Waals surface area contributed by atoms with Crippen LogP contribution in [-0.4, -0.2) is 37.2 Å². The van der Waals surface area contributed by atoms with Crippen LogP contribution in [0.5, 0.6) is 0 Å².